The van der Waals surface area contributed by atoms with Crippen LogP contribution in [0, 0.1) is 11.7 Å². The van der Waals surface area contributed by atoms with Gasteiger partial charge in [-0.25, -0.2) is 4.39 Å². The zero-order chi connectivity index (χ0) is 13.0. The summed E-state index contributed by atoms with van der Waals surface area (Å²) in [6, 6.07) is 6.62. The van der Waals surface area contributed by atoms with Crippen molar-refractivity contribution in [3.8, 4) is 0 Å². The largest absolute Gasteiger partial charge is 0.323 e. The van der Waals surface area contributed by atoms with Crippen LogP contribution < -0.4 is 5.73 Å². The minimum atomic E-state index is -0.221. The van der Waals surface area contributed by atoms with Crippen LogP contribution >= 0.6 is 0 Å². The molecule has 0 amide bonds. The molecule has 2 nitrogen and oxygen atoms in total. The highest BCUT2D eigenvalue weighted by Crippen LogP contribution is 2.22. The van der Waals surface area contributed by atoms with Crippen molar-refractivity contribution in [2.24, 2.45) is 11.7 Å². The van der Waals surface area contributed by atoms with E-state index in [-0.39, 0.29) is 11.9 Å². The summed E-state index contributed by atoms with van der Waals surface area (Å²) in [6.45, 7) is 5.21. The topological polar surface area (TPSA) is 29.3 Å². The van der Waals surface area contributed by atoms with Crippen LogP contribution in [0.15, 0.2) is 24.3 Å². The highest BCUT2D eigenvalue weighted by atomic mass is 19.1. The summed E-state index contributed by atoms with van der Waals surface area (Å²) in [5.74, 6) is 0.598. The first-order chi connectivity index (χ1) is 8.70. The smallest absolute Gasteiger partial charge is 0.128 e. The summed E-state index contributed by atoms with van der Waals surface area (Å²) in [5, 5.41) is 0. The molecule has 1 aromatic rings. The SMILES string of the molecule is CCC1CCCN(CC(N)c2ccccc2F)C1. The molecule has 2 rings (SSSR count). The van der Waals surface area contributed by atoms with Gasteiger partial charge in [0.15, 0.2) is 0 Å². The van der Waals surface area contributed by atoms with Gasteiger partial charge < -0.3 is 10.6 Å². The van der Waals surface area contributed by atoms with E-state index in [2.05, 4.69) is 11.8 Å². The lowest BCUT2D eigenvalue weighted by Gasteiger charge is -2.33. The average molecular weight is 250 g/mol. The molecule has 0 saturated carbocycles. The van der Waals surface area contributed by atoms with Gasteiger partial charge in [-0.1, -0.05) is 31.5 Å². The standard InChI is InChI=1S/C15H23FN2/c1-2-12-6-5-9-18(10-12)11-15(17)13-7-3-4-8-14(13)16/h3-4,7-8,12,15H,2,5-6,9-11,17H2,1H3. The Morgan fingerprint density at radius 3 is 2.94 bits per heavy atom. The maximum absolute atomic E-state index is 13.6. The number of halogens is 1. The van der Waals surface area contributed by atoms with Crippen LogP contribution in [0.5, 0.6) is 0 Å². The van der Waals surface area contributed by atoms with E-state index in [1.54, 1.807) is 12.1 Å². The Kier molecular flexibility index (Phi) is 4.72. The van der Waals surface area contributed by atoms with Crippen LogP contribution in [0.1, 0.15) is 37.8 Å². The predicted octanol–water partition coefficient (Wildman–Crippen LogP) is 2.95. The van der Waals surface area contributed by atoms with Gasteiger partial charge in [0.1, 0.15) is 5.82 Å². The summed E-state index contributed by atoms with van der Waals surface area (Å²) < 4.78 is 13.6. The van der Waals surface area contributed by atoms with Crippen LogP contribution in [0.4, 0.5) is 4.39 Å². The van der Waals surface area contributed by atoms with Crippen molar-refractivity contribution < 1.29 is 4.39 Å². The Balaban J connectivity index is 1.95. The maximum atomic E-state index is 13.6. The number of nitrogens with two attached hydrogens (primary N) is 1. The number of hydrogen-bond donors (Lipinski definition) is 1. The molecule has 2 atom stereocenters. The molecule has 0 spiro atoms. The number of nitrogens with zero attached hydrogens (tertiary/aromatic N) is 1. The Labute approximate surface area is 109 Å². The van der Waals surface area contributed by atoms with Gasteiger partial charge in [0.25, 0.3) is 0 Å². The summed E-state index contributed by atoms with van der Waals surface area (Å²) in [5.41, 5.74) is 6.77. The van der Waals surface area contributed by atoms with E-state index in [0.717, 1.165) is 25.6 Å². The quantitative estimate of drug-likeness (QED) is 0.890. The summed E-state index contributed by atoms with van der Waals surface area (Å²) in [6.07, 6.45) is 3.79. The number of likely N-dealkylation sites (tertiary alicyclic amines) is 1. The molecule has 0 aliphatic carbocycles. The highest BCUT2D eigenvalue weighted by Gasteiger charge is 2.21. The first-order valence-electron chi connectivity index (χ1n) is 6.93. The molecule has 1 saturated heterocycles. The van der Waals surface area contributed by atoms with E-state index in [1.165, 1.54) is 25.3 Å². The Morgan fingerprint density at radius 1 is 1.44 bits per heavy atom. The fourth-order valence-corrected chi connectivity index (χ4v) is 2.80. The number of benzene rings is 1. The van der Waals surface area contributed by atoms with Crippen molar-refractivity contribution >= 4 is 0 Å². The molecule has 1 aromatic carbocycles. The molecule has 0 radical (unpaired) electrons. The number of rotatable bonds is 4. The molecular formula is C15H23FN2. The third-order valence-electron chi connectivity index (χ3n) is 3.94. The molecule has 1 aliphatic heterocycles. The van der Waals surface area contributed by atoms with Crippen molar-refractivity contribution in [2.45, 2.75) is 32.2 Å². The van der Waals surface area contributed by atoms with Gasteiger partial charge in [0, 0.05) is 24.7 Å². The van der Waals surface area contributed by atoms with Crippen molar-refractivity contribution in [3.05, 3.63) is 35.6 Å². The molecule has 0 aromatic heterocycles. The minimum Gasteiger partial charge on any atom is -0.323 e. The molecule has 2 unspecified atom stereocenters. The van der Waals surface area contributed by atoms with Crippen molar-refractivity contribution in [3.63, 3.8) is 0 Å². The molecule has 1 heterocycles. The number of piperidine rings is 1. The van der Waals surface area contributed by atoms with Gasteiger partial charge in [0.2, 0.25) is 0 Å². The van der Waals surface area contributed by atoms with E-state index in [9.17, 15) is 4.39 Å². The maximum Gasteiger partial charge on any atom is 0.128 e. The van der Waals surface area contributed by atoms with Crippen molar-refractivity contribution in [2.75, 3.05) is 19.6 Å². The van der Waals surface area contributed by atoms with E-state index < -0.39 is 0 Å². The molecule has 1 fully saturated rings. The molecule has 0 bridgehead atoms. The fourth-order valence-electron chi connectivity index (χ4n) is 2.80. The van der Waals surface area contributed by atoms with Gasteiger partial charge in [-0.2, -0.15) is 0 Å². The normalized spacial score (nSPS) is 22.9. The van der Waals surface area contributed by atoms with Gasteiger partial charge in [-0.3, -0.25) is 0 Å². The molecule has 1 aliphatic rings. The average Bonchev–Trinajstić information content (AvgIpc) is 2.39. The summed E-state index contributed by atoms with van der Waals surface area (Å²) in [7, 11) is 0. The second kappa shape index (κ2) is 6.30. The van der Waals surface area contributed by atoms with Gasteiger partial charge in [0.05, 0.1) is 0 Å². The second-order valence-electron chi connectivity index (χ2n) is 5.30. The zero-order valence-corrected chi connectivity index (χ0v) is 11.1. The predicted molar refractivity (Wildman–Crippen MR) is 72.8 cm³/mol. The number of hydrogen-bond acceptors (Lipinski definition) is 2. The fraction of sp³-hybridized carbons (Fsp3) is 0.600. The molecule has 3 heteroatoms. The van der Waals surface area contributed by atoms with Gasteiger partial charge in [-0.05, 0) is 31.4 Å². The van der Waals surface area contributed by atoms with Crippen molar-refractivity contribution in [1.82, 2.24) is 4.90 Å². The molecule has 18 heavy (non-hydrogen) atoms. The van der Waals surface area contributed by atoms with E-state index in [4.69, 9.17) is 5.73 Å². The zero-order valence-electron chi connectivity index (χ0n) is 11.1. The lowest BCUT2D eigenvalue weighted by atomic mass is 9.95. The van der Waals surface area contributed by atoms with Crippen LogP contribution in [0.2, 0.25) is 0 Å². The first kappa shape index (κ1) is 13.5. The van der Waals surface area contributed by atoms with Crippen LogP contribution in [0.25, 0.3) is 0 Å². The summed E-state index contributed by atoms with van der Waals surface area (Å²) >= 11 is 0. The minimum absolute atomic E-state index is 0.186. The van der Waals surface area contributed by atoms with E-state index in [0.29, 0.717) is 5.56 Å². The van der Waals surface area contributed by atoms with E-state index in [1.807, 2.05) is 6.07 Å². The van der Waals surface area contributed by atoms with E-state index >= 15 is 0 Å². The first-order valence-corrected chi connectivity index (χ1v) is 6.93. The third kappa shape index (κ3) is 3.30. The van der Waals surface area contributed by atoms with Crippen LogP contribution in [-0.4, -0.2) is 24.5 Å². The lowest BCUT2D eigenvalue weighted by Crippen LogP contribution is -2.39. The Morgan fingerprint density at radius 2 is 2.22 bits per heavy atom. The Bertz CT molecular complexity index is 381. The monoisotopic (exact) mass is 250 g/mol. The molecular weight excluding hydrogens is 227 g/mol. The third-order valence-corrected chi connectivity index (χ3v) is 3.94. The van der Waals surface area contributed by atoms with Gasteiger partial charge >= 0.3 is 0 Å². The second-order valence-corrected chi connectivity index (χ2v) is 5.30. The summed E-state index contributed by atoms with van der Waals surface area (Å²) in [4.78, 5) is 2.38. The highest BCUT2D eigenvalue weighted by molar-refractivity contribution is 5.21. The molecule has 2 N–H and O–H groups in total. The van der Waals surface area contributed by atoms with Gasteiger partial charge in [-0.15, -0.1) is 0 Å². The van der Waals surface area contributed by atoms with Crippen LogP contribution in [-0.2, 0) is 0 Å². The molecule has 100 valence electrons. The Hall–Kier alpha value is -0.930. The lowest BCUT2D eigenvalue weighted by molar-refractivity contribution is 0.163. The van der Waals surface area contributed by atoms with Crippen molar-refractivity contribution in [1.29, 1.82) is 0 Å². The van der Waals surface area contributed by atoms with Crippen LogP contribution in [0.3, 0.4) is 0 Å².